The van der Waals surface area contributed by atoms with Crippen molar-refractivity contribution in [1.29, 1.82) is 0 Å². The minimum absolute atomic E-state index is 0.645. The highest BCUT2D eigenvalue weighted by molar-refractivity contribution is 5.02. The third-order valence-electron chi connectivity index (χ3n) is 0.991. The van der Waals surface area contributed by atoms with Gasteiger partial charge in [0.2, 0.25) is 0 Å². The van der Waals surface area contributed by atoms with Crippen molar-refractivity contribution >= 4 is 0 Å². The highest BCUT2D eigenvalue weighted by atomic mass is 15.0. The molecule has 0 spiro atoms. The molecule has 0 heterocycles. The summed E-state index contributed by atoms with van der Waals surface area (Å²) in [6.07, 6.45) is 8.31. The van der Waals surface area contributed by atoms with Gasteiger partial charge in [-0.25, -0.2) is 0 Å². The van der Waals surface area contributed by atoms with Crippen LogP contribution in [0.4, 0.5) is 0 Å². The zero-order chi connectivity index (χ0) is 7.98. The fourth-order valence-electron chi connectivity index (χ4n) is 0.508. The lowest BCUT2D eigenvalue weighted by molar-refractivity contribution is 0.564. The van der Waals surface area contributed by atoms with Gasteiger partial charge in [-0.05, 0) is 18.2 Å². The van der Waals surface area contributed by atoms with Gasteiger partial charge in [-0.15, -0.1) is 0 Å². The van der Waals surface area contributed by atoms with Crippen molar-refractivity contribution in [3.8, 4) is 0 Å². The van der Waals surface area contributed by atoms with Crippen LogP contribution in [0.15, 0.2) is 24.4 Å². The number of allylic oxidation sites excluding steroid dienone is 3. The summed E-state index contributed by atoms with van der Waals surface area (Å²) < 4.78 is 0. The normalized spacial score (nSPS) is 12.1. The molecule has 0 saturated heterocycles. The number of nitrogens with zero attached hydrogens (tertiary/aromatic N) is 1. The van der Waals surface area contributed by atoms with Gasteiger partial charge in [-0.1, -0.05) is 26.0 Å². The van der Waals surface area contributed by atoms with Crippen LogP contribution in [-0.2, 0) is 0 Å². The Bertz CT molecular complexity index is 105. The molecule has 0 saturated carbocycles. The van der Waals surface area contributed by atoms with E-state index in [9.17, 15) is 0 Å². The summed E-state index contributed by atoms with van der Waals surface area (Å²) in [6.45, 7) is 4.33. The van der Waals surface area contributed by atoms with E-state index in [1.807, 2.05) is 31.3 Å². The van der Waals surface area contributed by atoms with E-state index in [0.29, 0.717) is 5.92 Å². The topological polar surface area (TPSA) is 3.24 Å². The molecule has 0 aromatic rings. The maximum atomic E-state index is 2.17. The number of hydrogen-bond donors (Lipinski definition) is 0. The molecule has 0 aliphatic carbocycles. The Morgan fingerprint density at radius 1 is 1.10 bits per heavy atom. The van der Waals surface area contributed by atoms with E-state index in [0.717, 1.165) is 0 Å². The summed E-state index contributed by atoms with van der Waals surface area (Å²) in [7, 11) is 4.03. The molecular weight excluding hydrogens is 122 g/mol. The zero-order valence-corrected chi connectivity index (χ0v) is 7.33. The molecule has 0 atom stereocenters. The average molecular weight is 139 g/mol. The van der Waals surface area contributed by atoms with E-state index in [1.165, 1.54) is 0 Å². The second kappa shape index (κ2) is 5.10. The second-order valence-corrected chi connectivity index (χ2v) is 2.93. The van der Waals surface area contributed by atoms with E-state index in [2.05, 4.69) is 26.0 Å². The molecule has 0 unspecified atom stereocenters. The van der Waals surface area contributed by atoms with E-state index in [4.69, 9.17) is 0 Å². The molecule has 0 fully saturated rings. The summed E-state index contributed by atoms with van der Waals surface area (Å²) in [4.78, 5) is 2.02. The van der Waals surface area contributed by atoms with Crippen molar-refractivity contribution in [2.45, 2.75) is 13.8 Å². The predicted molar refractivity (Wildman–Crippen MR) is 46.8 cm³/mol. The van der Waals surface area contributed by atoms with Gasteiger partial charge in [0.25, 0.3) is 0 Å². The average Bonchev–Trinajstić information content (AvgIpc) is 1.79. The molecule has 1 nitrogen and oxygen atoms in total. The third kappa shape index (κ3) is 7.28. The Labute approximate surface area is 64.0 Å². The first-order valence-electron chi connectivity index (χ1n) is 3.64. The lowest BCUT2D eigenvalue weighted by Crippen LogP contribution is -1.99. The van der Waals surface area contributed by atoms with Crippen molar-refractivity contribution in [3.05, 3.63) is 24.4 Å². The first-order valence-corrected chi connectivity index (χ1v) is 3.64. The highest BCUT2D eigenvalue weighted by Gasteiger charge is 1.79. The van der Waals surface area contributed by atoms with Crippen molar-refractivity contribution in [1.82, 2.24) is 4.90 Å². The number of hydrogen-bond acceptors (Lipinski definition) is 1. The Hall–Kier alpha value is -0.720. The van der Waals surface area contributed by atoms with Crippen LogP contribution in [0, 0.1) is 5.92 Å². The smallest absolute Gasteiger partial charge is 0.00556 e. The Morgan fingerprint density at radius 2 is 1.70 bits per heavy atom. The maximum absolute atomic E-state index is 2.17. The molecule has 0 aromatic heterocycles. The van der Waals surface area contributed by atoms with Crippen LogP contribution in [-0.4, -0.2) is 19.0 Å². The molecular formula is C9H17N. The van der Waals surface area contributed by atoms with Gasteiger partial charge in [-0.3, -0.25) is 0 Å². The Balaban J connectivity index is 3.52. The Kier molecular flexibility index (Phi) is 4.73. The van der Waals surface area contributed by atoms with Crippen LogP contribution >= 0.6 is 0 Å². The van der Waals surface area contributed by atoms with Gasteiger partial charge in [0, 0.05) is 14.1 Å². The molecule has 0 bridgehead atoms. The van der Waals surface area contributed by atoms with E-state index in [-0.39, 0.29) is 0 Å². The molecule has 0 aromatic carbocycles. The molecule has 58 valence electrons. The quantitative estimate of drug-likeness (QED) is 0.542. The monoisotopic (exact) mass is 139 g/mol. The molecule has 0 radical (unpaired) electrons. The van der Waals surface area contributed by atoms with Crippen molar-refractivity contribution in [3.63, 3.8) is 0 Å². The lowest BCUT2D eigenvalue weighted by Gasteiger charge is -2.00. The molecule has 1 heteroatoms. The van der Waals surface area contributed by atoms with Crippen LogP contribution in [0.3, 0.4) is 0 Å². The summed E-state index contributed by atoms with van der Waals surface area (Å²) in [5, 5.41) is 0. The summed E-state index contributed by atoms with van der Waals surface area (Å²) in [5.41, 5.74) is 0. The molecule has 0 rings (SSSR count). The molecule has 0 N–H and O–H groups in total. The maximum Gasteiger partial charge on any atom is 0.00556 e. The van der Waals surface area contributed by atoms with Crippen molar-refractivity contribution in [2.24, 2.45) is 5.92 Å². The van der Waals surface area contributed by atoms with Crippen LogP contribution < -0.4 is 0 Å². The van der Waals surface area contributed by atoms with Crippen LogP contribution in [0.25, 0.3) is 0 Å². The molecule has 0 aliphatic rings. The SMILES string of the molecule is CC(C)C=CC=CN(C)C. The minimum atomic E-state index is 0.645. The van der Waals surface area contributed by atoms with Gasteiger partial charge in [0.15, 0.2) is 0 Å². The van der Waals surface area contributed by atoms with Gasteiger partial charge >= 0.3 is 0 Å². The summed E-state index contributed by atoms with van der Waals surface area (Å²) in [5.74, 6) is 0.645. The number of rotatable bonds is 3. The standard InChI is InChI=1S/C9H17N/c1-9(2)7-5-6-8-10(3)4/h5-9H,1-4H3. The minimum Gasteiger partial charge on any atom is -0.383 e. The summed E-state index contributed by atoms with van der Waals surface area (Å²) >= 11 is 0. The second-order valence-electron chi connectivity index (χ2n) is 2.93. The highest BCUT2D eigenvalue weighted by Crippen LogP contribution is 1.93. The third-order valence-corrected chi connectivity index (χ3v) is 0.991. The summed E-state index contributed by atoms with van der Waals surface area (Å²) in [6, 6.07) is 0. The van der Waals surface area contributed by atoms with Gasteiger partial charge < -0.3 is 4.90 Å². The largest absolute Gasteiger partial charge is 0.383 e. The van der Waals surface area contributed by atoms with Gasteiger partial charge in [-0.2, -0.15) is 0 Å². The predicted octanol–water partition coefficient (Wildman–Crippen LogP) is 2.27. The fourth-order valence-corrected chi connectivity index (χ4v) is 0.508. The molecule has 0 amide bonds. The first-order chi connectivity index (χ1) is 4.63. The first kappa shape index (κ1) is 9.28. The fraction of sp³-hybridized carbons (Fsp3) is 0.556. The zero-order valence-electron chi connectivity index (χ0n) is 7.33. The van der Waals surface area contributed by atoms with Crippen molar-refractivity contribution < 1.29 is 0 Å². The van der Waals surface area contributed by atoms with Gasteiger partial charge in [0.1, 0.15) is 0 Å². The van der Waals surface area contributed by atoms with E-state index >= 15 is 0 Å². The van der Waals surface area contributed by atoms with Crippen LogP contribution in [0.5, 0.6) is 0 Å². The van der Waals surface area contributed by atoms with Crippen LogP contribution in [0.2, 0.25) is 0 Å². The van der Waals surface area contributed by atoms with Crippen molar-refractivity contribution in [2.75, 3.05) is 14.1 Å². The molecule has 0 aliphatic heterocycles. The Morgan fingerprint density at radius 3 is 2.10 bits per heavy atom. The van der Waals surface area contributed by atoms with E-state index < -0.39 is 0 Å². The van der Waals surface area contributed by atoms with Gasteiger partial charge in [0.05, 0.1) is 0 Å². The van der Waals surface area contributed by atoms with Crippen LogP contribution in [0.1, 0.15) is 13.8 Å². The van der Waals surface area contributed by atoms with E-state index in [1.54, 1.807) is 0 Å². The lowest BCUT2D eigenvalue weighted by atomic mass is 10.2. The molecule has 10 heavy (non-hydrogen) atoms.